The molecule has 0 heterocycles. The normalized spacial score (nSPS) is 10.1. The van der Waals surface area contributed by atoms with Gasteiger partial charge in [-0.05, 0) is 19.1 Å². The van der Waals surface area contributed by atoms with Crippen molar-refractivity contribution in [1.82, 2.24) is 0 Å². The van der Waals surface area contributed by atoms with Crippen LogP contribution in [0.4, 0.5) is 0 Å². The third-order valence-corrected chi connectivity index (χ3v) is 2.19. The van der Waals surface area contributed by atoms with Crippen LogP contribution in [0.2, 0.25) is 0 Å². The van der Waals surface area contributed by atoms with Gasteiger partial charge in [-0.25, -0.2) is 0 Å². The topological polar surface area (TPSA) is 112 Å². The predicted octanol–water partition coefficient (Wildman–Crippen LogP) is 0.870. The fourth-order valence-corrected chi connectivity index (χ4v) is 1.19. The van der Waals surface area contributed by atoms with E-state index in [0.717, 1.165) is 5.56 Å². The van der Waals surface area contributed by atoms with Crippen LogP contribution in [0.1, 0.15) is 5.56 Å². The van der Waals surface area contributed by atoms with Crippen LogP contribution in [0.5, 0.6) is 0 Å². The Hall–Kier alpha value is -0.850. The maximum absolute atomic E-state index is 10.5. The molecular weight excluding hydrogens is 243 g/mol. The molecule has 84 valence electrons. The molecule has 0 aromatic heterocycles. The van der Waals surface area contributed by atoms with Crippen molar-refractivity contribution >= 4 is 18.4 Å². The first kappa shape index (κ1) is 14.2. The molecule has 1 aromatic carbocycles. The lowest BCUT2D eigenvalue weighted by atomic mass is 10.2. The van der Waals surface area contributed by atoms with Gasteiger partial charge in [0.15, 0.2) is 0 Å². The van der Waals surface area contributed by atoms with Gasteiger partial charge >= 0.3 is 8.25 Å². The minimum atomic E-state index is -4.02. The summed E-state index contributed by atoms with van der Waals surface area (Å²) in [5.41, 5.74) is 0.956. The summed E-state index contributed by atoms with van der Waals surface area (Å²) in [7, 11) is -6.89. The summed E-state index contributed by atoms with van der Waals surface area (Å²) in [5, 5.41) is 0. The highest BCUT2D eigenvalue weighted by Gasteiger charge is 2.06. The van der Waals surface area contributed by atoms with Crippen LogP contribution in [-0.2, 0) is 14.7 Å². The molecule has 0 spiro atoms. The molecule has 0 radical (unpaired) electrons. The van der Waals surface area contributed by atoms with E-state index in [2.05, 4.69) is 0 Å². The second kappa shape index (κ2) is 5.89. The summed E-state index contributed by atoms with van der Waals surface area (Å²) >= 11 is 0. The van der Waals surface area contributed by atoms with Crippen molar-refractivity contribution in [3.05, 3.63) is 29.8 Å². The zero-order valence-electron chi connectivity index (χ0n) is 7.73. The molecule has 8 heteroatoms. The summed E-state index contributed by atoms with van der Waals surface area (Å²) in [6.07, 6.45) is 0. The first-order valence-corrected chi connectivity index (χ1v) is 6.23. The molecule has 15 heavy (non-hydrogen) atoms. The average Bonchev–Trinajstić information content (AvgIpc) is 2.01. The maximum Gasteiger partial charge on any atom is 0.692 e. The van der Waals surface area contributed by atoms with Crippen molar-refractivity contribution in [3.63, 3.8) is 0 Å². The molecule has 0 saturated carbocycles. The average molecular weight is 253 g/mol. The van der Waals surface area contributed by atoms with Crippen LogP contribution in [0.3, 0.4) is 0 Å². The van der Waals surface area contributed by atoms with E-state index in [4.69, 9.17) is 18.9 Å². The van der Waals surface area contributed by atoms with E-state index in [1.54, 1.807) is 12.1 Å². The van der Waals surface area contributed by atoms with Gasteiger partial charge in [0.1, 0.15) is 0 Å². The molecule has 0 aliphatic rings. The Morgan fingerprint density at radius 2 is 1.47 bits per heavy atom. The molecule has 0 aliphatic heterocycles. The summed E-state index contributed by atoms with van der Waals surface area (Å²) < 4.78 is 38.3. The first-order chi connectivity index (χ1) is 6.73. The fraction of sp³-hybridized carbons (Fsp3) is 0.143. The van der Waals surface area contributed by atoms with E-state index in [9.17, 15) is 8.42 Å². The van der Waals surface area contributed by atoms with Crippen LogP contribution in [0.15, 0.2) is 29.2 Å². The van der Waals surface area contributed by atoms with E-state index in [1.165, 1.54) is 12.1 Å². The lowest BCUT2D eigenvalue weighted by molar-refractivity contribution is 0.405. The Morgan fingerprint density at radius 1 is 1.13 bits per heavy atom. The van der Waals surface area contributed by atoms with Crippen LogP contribution < -0.4 is 0 Å². The minimum absolute atomic E-state index is 0.0666. The SMILES string of the molecule is Cc1ccc(S(=O)(=O)O)cc1.O=[P+](O)O. The molecule has 1 aromatic rings. The largest absolute Gasteiger partial charge is 0.692 e. The molecule has 0 atom stereocenters. The van der Waals surface area contributed by atoms with Gasteiger partial charge in [-0.2, -0.15) is 8.42 Å². The first-order valence-electron chi connectivity index (χ1n) is 3.62. The molecule has 0 unspecified atom stereocenters. The van der Waals surface area contributed by atoms with E-state index < -0.39 is 18.4 Å². The standard InChI is InChI=1S/C7H8O3S.HO3P/c1-6-2-4-7(5-3-6)11(8,9)10;1-4(2)3/h2-5H,1H3,(H,8,9,10);(H-,1,2,3)/p+1. The van der Waals surface area contributed by atoms with Crippen molar-refractivity contribution in [3.8, 4) is 0 Å². The summed E-state index contributed by atoms with van der Waals surface area (Å²) in [5.74, 6) is 0. The van der Waals surface area contributed by atoms with Gasteiger partial charge < -0.3 is 0 Å². The van der Waals surface area contributed by atoms with Gasteiger partial charge in [-0.1, -0.05) is 17.7 Å². The number of aryl methyl sites for hydroxylation is 1. The van der Waals surface area contributed by atoms with Gasteiger partial charge in [-0.3, -0.25) is 4.55 Å². The zero-order chi connectivity index (χ0) is 12.1. The third kappa shape index (κ3) is 7.12. The smallest absolute Gasteiger partial charge is 0.282 e. The van der Waals surface area contributed by atoms with E-state index in [0.29, 0.717) is 0 Å². The van der Waals surface area contributed by atoms with Crippen LogP contribution in [0, 0.1) is 6.92 Å². The second-order valence-electron chi connectivity index (χ2n) is 2.54. The quantitative estimate of drug-likeness (QED) is 0.505. The zero-order valence-corrected chi connectivity index (χ0v) is 9.44. The van der Waals surface area contributed by atoms with Crippen molar-refractivity contribution in [1.29, 1.82) is 0 Å². The highest BCUT2D eigenvalue weighted by atomic mass is 32.2. The van der Waals surface area contributed by atoms with Gasteiger partial charge in [-0.15, -0.1) is 9.79 Å². The highest BCUT2D eigenvalue weighted by molar-refractivity contribution is 7.85. The van der Waals surface area contributed by atoms with Gasteiger partial charge in [0.05, 0.1) is 4.90 Å². The second-order valence-corrected chi connectivity index (χ2v) is 4.47. The minimum Gasteiger partial charge on any atom is -0.282 e. The molecular formula is C7H10O6PS+. The monoisotopic (exact) mass is 253 g/mol. The maximum atomic E-state index is 10.5. The van der Waals surface area contributed by atoms with Crippen LogP contribution in [0.25, 0.3) is 0 Å². The van der Waals surface area contributed by atoms with Crippen molar-refractivity contribution < 1.29 is 27.3 Å². The Labute approximate surface area is 87.9 Å². The van der Waals surface area contributed by atoms with Crippen molar-refractivity contribution in [2.75, 3.05) is 0 Å². The molecule has 0 bridgehead atoms. The Bertz CT molecular complexity index is 419. The fourth-order valence-electron chi connectivity index (χ4n) is 0.710. The van der Waals surface area contributed by atoms with Crippen LogP contribution in [-0.4, -0.2) is 22.8 Å². The predicted molar refractivity (Wildman–Crippen MR) is 53.0 cm³/mol. The number of benzene rings is 1. The van der Waals surface area contributed by atoms with Crippen LogP contribution >= 0.6 is 8.25 Å². The van der Waals surface area contributed by atoms with Gasteiger partial charge in [0.2, 0.25) is 0 Å². The molecule has 0 aliphatic carbocycles. The molecule has 3 N–H and O–H groups in total. The number of hydrogen-bond donors (Lipinski definition) is 3. The molecule has 0 saturated heterocycles. The number of hydrogen-bond acceptors (Lipinski definition) is 3. The Balaban J connectivity index is 0.000000423. The lowest BCUT2D eigenvalue weighted by Gasteiger charge is -1.95. The molecule has 1 rings (SSSR count). The highest BCUT2D eigenvalue weighted by Crippen LogP contribution is 2.08. The molecule has 6 nitrogen and oxygen atoms in total. The summed E-state index contributed by atoms with van der Waals surface area (Å²) in [6.45, 7) is 1.84. The van der Waals surface area contributed by atoms with Gasteiger partial charge in [0, 0.05) is 4.57 Å². The Kier molecular flexibility index (Phi) is 5.56. The van der Waals surface area contributed by atoms with Crippen molar-refractivity contribution in [2.45, 2.75) is 11.8 Å². The third-order valence-electron chi connectivity index (χ3n) is 1.32. The van der Waals surface area contributed by atoms with E-state index in [1.807, 2.05) is 6.92 Å². The van der Waals surface area contributed by atoms with Crippen molar-refractivity contribution in [2.24, 2.45) is 0 Å². The lowest BCUT2D eigenvalue weighted by Crippen LogP contribution is -1.96. The number of rotatable bonds is 1. The Morgan fingerprint density at radius 3 is 1.73 bits per heavy atom. The van der Waals surface area contributed by atoms with E-state index in [-0.39, 0.29) is 4.90 Å². The van der Waals surface area contributed by atoms with Gasteiger partial charge in [0.25, 0.3) is 10.1 Å². The molecule has 0 fully saturated rings. The summed E-state index contributed by atoms with van der Waals surface area (Å²) in [6, 6.07) is 5.99. The summed E-state index contributed by atoms with van der Waals surface area (Å²) in [4.78, 5) is 14.2. The molecule has 0 amide bonds. The van der Waals surface area contributed by atoms with E-state index >= 15 is 0 Å².